The van der Waals surface area contributed by atoms with Gasteiger partial charge in [-0.05, 0) is 25.0 Å². The number of nitrogens with two attached hydrogens (primary N) is 1. The van der Waals surface area contributed by atoms with Crippen molar-refractivity contribution in [2.24, 2.45) is 5.73 Å². The predicted molar refractivity (Wildman–Crippen MR) is 78.3 cm³/mol. The van der Waals surface area contributed by atoms with Gasteiger partial charge in [-0.2, -0.15) is 0 Å². The highest BCUT2D eigenvalue weighted by Crippen LogP contribution is 2.32. The van der Waals surface area contributed by atoms with Gasteiger partial charge in [0.15, 0.2) is 0 Å². The molecule has 6 nitrogen and oxygen atoms in total. The van der Waals surface area contributed by atoms with E-state index in [2.05, 4.69) is 4.98 Å². The SMILES string of the molecule is NC(=O)c1cc(N(CC(=O)O)C2CC2)nc2ccccc12. The number of primary amides is 1. The fraction of sp³-hybridized carbons (Fsp3) is 0.267. The van der Waals surface area contributed by atoms with E-state index in [0.717, 1.165) is 12.8 Å². The third-order valence-corrected chi connectivity index (χ3v) is 3.56. The number of carboxylic acids is 1. The van der Waals surface area contributed by atoms with Crippen LogP contribution in [0.2, 0.25) is 0 Å². The fourth-order valence-corrected chi connectivity index (χ4v) is 2.44. The van der Waals surface area contributed by atoms with Crippen molar-refractivity contribution in [2.75, 3.05) is 11.4 Å². The van der Waals surface area contributed by atoms with Crippen LogP contribution in [0.4, 0.5) is 5.82 Å². The zero-order valence-electron chi connectivity index (χ0n) is 11.3. The monoisotopic (exact) mass is 285 g/mol. The highest BCUT2D eigenvalue weighted by Gasteiger charge is 2.32. The Balaban J connectivity index is 2.13. The van der Waals surface area contributed by atoms with Gasteiger partial charge in [0, 0.05) is 11.4 Å². The first-order chi connectivity index (χ1) is 10.1. The summed E-state index contributed by atoms with van der Waals surface area (Å²) < 4.78 is 0. The van der Waals surface area contributed by atoms with E-state index in [1.807, 2.05) is 12.1 Å². The van der Waals surface area contributed by atoms with E-state index >= 15 is 0 Å². The lowest BCUT2D eigenvalue weighted by molar-refractivity contribution is -0.135. The van der Waals surface area contributed by atoms with E-state index in [1.165, 1.54) is 0 Å². The predicted octanol–water partition coefficient (Wildman–Crippen LogP) is 1.39. The first-order valence-electron chi connectivity index (χ1n) is 6.74. The molecule has 0 radical (unpaired) electrons. The molecule has 1 aromatic heterocycles. The van der Waals surface area contributed by atoms with Crippen molar-refractivity contribution in [2.45, 2.75) is 18.9 Å². The Morgan fingerprint density at radius 1 is 1.33 bits per heavy atom. The number of pyridine rings is 1. The third kappa shape index (κ3) is 2.65. The Labute approximate surface area is 121 Å². The zero-order valence-corrected chi connectivity index (χ0v) is 11.3. The molecule has 0 saturated heterocycles. The van der Waals surface area contributed by atoms with Crippen LogP contribution in [-0.4, -0.2) is 34.6 Å². The molecule has 0 atom stereocenters. The number of anilines is 1. The van der Waals surface area contributed by atoms with Gasteiger partial charge in [-0.1, -0.05) is 18.2 Å². The van der Waals surface area contributed by atoms with Crippen LogP contribution in [0.25, 0.3) is 10.9 Å². The number of amides is 1. The lowest BCUT2D eigenvalue weighted by Crippen LogP contribution is -2.32. The summed E-state index contributed by atoms with van der Waals surface area (Å²) >= 11 is 0. The van der Waals surface area contributed by atoms with Crippen LogP contribution in [0, 0.1) is 0 Å². The maximum Gasteiger partial charge on any atom is 0.323 e. The smallest absolute Gasteiger partial charge is 0.323 e. The Bertz CT molecular complexity index is 725. The number of carbonyl (C=O) groups is 2. The number of carbonyl (C=O) groups excluding carboxylic acids is 1. The molecule has 0 aliphatic heterocycles. The molecule has 3 N–H and O–H groups in total. The van der Waals surface area contributed by atoms with Gasteiger partial charge in [-0.15, -0.1) is 0 Å². The van der Waals surface area contributed by atoms with Gasteiger partial charge in [0.25, 0.3) is 0 Å². The minimum absolute atomic E-state index is 0.131. The topological polar surface area (TPSA) is 96.5 Å². The van der Waals surface area contributed by atoms with Crippen molar-refractivity contribution in [3.8, 4) is 0 Å². The minimum atomic E-state index is -0.919. The second-order valence-electron chi connectivity index (χ2n) is 5.16. The second-order valence-corrected chi connectivity index (χ2v) is 5.16. The van der Waals surface area contributed by atoms with Crippen molar-refractivity contribution < 1.29 is 14.7 Å². The van der Waals surface area contributed by atoms with Gasteiger partial charge in [0.1, 0.15) is 12.4 Å². The molecular weight excluding hydrogens is 270 g/mol. The lowest BCUT2D eigenvalue weighted by atomic mass is 10.1. The molecule has 108 valence electrons. The van der Waals surface area contributed by atoms with Gasteiger partial charge in [-0.25, -0.2) is 4.98 Å². The molecular formula is C15H15N3O3. The number of rotatable bonds is 5. The molecule has 0 bridgehead atoms. The van der Waals surface area contributed by atoms with E-state index in [4.69, 9.17) is 10.8 Å². The van der Waals surface area contributed by atoms with Crippen molar-refractivity contribution in [3.05, 3.63) is 35.9 Å². The number of fused-ring (bicyclic) bond motifs is 1. The van der Waals surface area contributed by atoms with Crippen molar-refractivity contribution in [1.29, 1.82) is 0 Å². The summed E-state index contributed by atoms with van der Waals surface area (Å²) in [4.78, 5) is 28.9. The molecule has 1 amide bonds. The van der Waals surface area contributed by atoms with Gasteiger partial charge in [0.2, 0.25) is 5.91 Å². The highest BCUT2D eigenvalue weighted by atomic mass is 16.4. The number of nitrogens with zero attached hydrogens (tertiary/aromatic N) is 2. The van der Waals surface area contributed by atoms with E-state index in [1.54, 1.807) is 23.1 Å². The summed E-state index contributed by atoms with van der Waals surface area (Å²) in [7, 11) is 0. The van der Waals surface area contributed by atoms with Gasteiger partial charge < -0.3 is 15.7 Å². The standard InChI is InChI=1S/C15H15N3O3/c16-15(21)11-7-13(17-12-4-2-1-3-10(11)12)18(8-14(19)20)9-5-6-9/h1-4,7,9H,5-6,8H2,(H2,16,21)(H,19,20). The first-order valence-corrected chi connectivity index (χ1v) is 6.74. The second kappa shape index (κ2) is 5.05. The van der Waals surface area contributed by atoms with Crippen molar-refractivity contribution >= 4 is 28.6 Å². The van der Waals surface area contributed by atoms with Gasteiger partial charge in [0.05, 0.1) is 11.1 Å². The number of hydrogen-bond donors (Lipinski definition) is 2. The molecule has 1 fully saturated rings. The average Bonchev–Trinajstić information content (AvgIpc) is 3.27. The molecule has 0 spiro atoms. The summed E-state index contributed by atoms with van der Waals surface area (Å²) in [6, 6.07) is 8.97. The van der Waals surface area contributed by atoms with Crippen LogP contribution >= 0.6 is 0 Å². The molecule has 1 aliphatic carbocycles. The van der Waals surface area contributed by atoms with Crippen LogP contribution in [-0.2, 0) is 4.79 Å². The first kappa shape index (κ1) is 13.4. The van der Waals surface area contributed by atoms with Crippen LogP contribution in [0.3, 0.4) is 0 Å². The molecule has 1 aliphatic rings. The van der Waals surface area contributed by atoms with Crippen LogP contribution in [0.15, 0.2) is 30.3 Å². The zero-order chi connectivity index (χ0) is 15.0. The number of para-hydroxylation sites is 1. The maximum atomic E-state index is 11.7. The number of aliphatic carboxylic acids is 1. The molecule has 1 aromatic carbocycles. The number of hydrogen-bond acceptors (Lipinski definition) is 4. The van der Waals surface area contributed by atoms with E-state index < -0.39 is 11.9 Å². The molecule has 6 heteroatoms. The molecule has 21 heavy (non-hydrogen) atoms. The maximum absolute atomic E-state index is 11.7. The molecule has 3 rings (SSSR count). The fourth-order valence-electron chi connectivity index (χ4n) is 2.44. The summed E-state index contributed by atoms with van der Waals surface area (Å²) in [5.41, 5.74) is 6.45. The van der Waals surface area contributed by atoms with Crippen molar-refractivity contribution in [3.63, 3.8) is 0 Å². The Morgan fingerprint density at radius 3 is 2.67 bits per heavy atom. The summed E-state index contributed by atoms with van der Waals surface area (Å²) in [6.07, 6.45) is 1.88. The number of aromatic nitrogens is 1. The number of benzene rings is 1. The van der Waals surface area contributed by atoms with Crippen LogP contribution in [0.5, 0.6) is 0 Å². The summed E-state index contributed by atoms with van der Waals surface area (Å²) in [5.74, 6) is -0.967. The van der Waals surface area contributed by atoms with Crippen molar-refractivity contribution in [1.82, 2.24) is 4.98 Å². The summed E-state index contributed by atoms with van der Waals surface area (Å²) in [5, 5.41) is 9.73. The summed E-state index contributed by atoms with van der Waals surface area (Å²) in [6.45, 7) is -0.131. The molecule has 0 unspecified atom stereocenters. The Kier molecular flexibility index (Phi) is 3.21. The molecule has 2 aromatic rings. The van der Waals surface area contributed by atoms with E-state index in [0.29, 0.717) is 22.3 Å². The highest BCUT2D eigenvalue weighted by molar-refractivity contribution is 6.06. The van der Waals surface area contributed by atoms with Gasteiger partial charge in [-0.3, -0.25) is 9.59 Å². The minimum Gasteiger partial charge on any atom is -0.480 e. The Hall–Kier alpha value is -2.63. The molecule has 1 saturated carbocycles. The molecule has 1 heterocycles. The van der Waals surface area contributed by atoms with Gasteiger partial charge >= 0.3 is 5.97 Å². The lowest BCUT2D eigenvalue weighted by Gasteiger charge is -2.22. The third-order valence-electron chi connectivity index (χ3n) is 3.56. The number of carboxylic acid groups (broad SMARTS) is 1. The largest absolute Gasteiger partial charge is 0.480 e. The Morgan fingerprint density at radius 2 is 2.05 bits per heavy atom. The average molecular weight is 285 g/mol. The quantitative estimate of drug-likeness (QED) is 0.865. The van der Waals surface area contributed by atoms with Crippen LogP contribution < -0.4 is 10.6 Å². The van der Waals surface area contributed by atoms with E-state index in [9.17, 15) is 9.59 Å². The van der Waals surface area contributed by atoms with E-state index in [-0.39, 0.29) is 12.6 Å². The van der Waals surface area contributed by atoms with Crippen LogP contribution in [0.1, 0.15) is 23.2 Å². The normalized spacial score (nSPS) is 14.1.